The molecule has 7 nitrogen and oxygen atoms in total. The summed E-state index contributed by atoms with van der Waals surface area (Å²) < 4.78 is 10.6. The number of hydrogen-bond donors (Lipinski definition) is 2. The zero-order valence-corrected chi connectivity index (χ0v) is 12.0. The lowest BCUT2D eigenvalue weighted by atomic mass is 10.2. The number of anilines is 3. The van der Waals surface area contributed by atoms with E-state index in [1.807, 2.05) is 18.2 Å². The van der Waals surface area contributed by atoms with Crippen LogP contribution in [-0.2, 0) is 0 Å². The van der Waals surface area contributed by atoms with Gasteiger partial charge in [0.05, 0.1) is 6.20 Å². The molecule has 0 saturated heterocycles. The number of rotatable bonds is 5. The van der Waals surface area contributed by atoms with Gasteiger partial charge in [0.25, 0.3) is 0 Å². The third kappa shape index (κ3) is 3.31. The quantitative estimate of drug-likeness (QED) is 0.873. The predicted octanol–water partition coefficient (Wildman–Crippen LogP) is 2.41. The van der Waals surface area contributed by atoms with Gasteiger partial charge in [-0.3, -0.25) is 0 Å². The largest absolute Gasteiger partial charge is 0.454 e. The second-order valence-electron chi connectivity index (χ2n) is 5.13. The van der Waals surface area contributed by atoms with Gasteiger partial charge in [-0.1, -0.05) is 13.8 Å². The Morgan fingerprint density at radius 3 is 2.95 bits per heavy atom. The van der Waals surface area contributed by atoms with Crippen LogP contribution in [0.2, 0.25) is 0 Å². The first-order valence-electron chi connectivity index (χ1n) is 6.81. The minimum Gasteiger partial charge on any atom is -0.454 e. The standard InChI is InChI=1S/C14H17N5O2/c1-9(2)6-15-13-7-16-19-14(18-13)17-10-3-4-11-12(5-10)21-8-20-11/h3-5,7,9H,6,8H2,1-2H3,(H2,15,17,18,19). The maximum Gasteiger partial charge on any atom is 0.249 e. The molecule has 1 aliphatic heterocycles. The van der Waals surface area contributed by atoms with Crippen LogP contribution in [0.5, 0.6) is 11.5 Å². The van der Waals surface area contributed by atoms with Crippen molar-refractivity contribution in [2.24, 2.45) is 5.92 Å². The fraction of sp³-hybridized carbons (Fsp3) is 0.357. The molecule has 1 aromatic heterocycles. The third-order valence-corrected chi connectivity index (χ3v) is 2.88. The SMILES string of the molecule is CC(C)CNc1cnnc(Nc2ccc3c(c2)OCO3)n1. The van der Waals surface area contributed by atoms with E-state index in [-0.39, 0.29) is 6.79 Å². The van der Waals surface area contributed by atoms with Crippen LogP contribution in [0.1, 0.15) is 13.8 Å². The number of aromatic nitrogens is 3. The monoisotopic (exact) mass is 287 g/mol. The van der Waals surface area contributed by atoms with Gasteiger partial charge in [-0.2, -0.15) is 10.1 Å². The molecule has 3 rings (SSSR count). The van der Waals surface area contributed by atoms with Crippen LogP contribution >= 0.6 is 0 Å². The van der Waals surface area contributed by atoms with E-state index in [4.69, 9.17) is 9.47 Å². The third-order valence-electron chi connectivity index (χ3n) is 2.88. The zero-order chi connectivity index (χ0) is 14.7. The van der Waals surface area contributed by atoms with E-state index < -0.39 is 0 Å². The molecule has 0 radical (unpaired) electrons. The number of ether oxygens (including phenoxy) is 2. The molecule has 0 saturated carbocycles. The smallest absolute Gasteiger partial charge is 0.249 e. The molecule has 2 N–H and O–H groups in total. The van der Waals surface area contributed by atoms with Crippen molar-refractivity contribution in [3.05, 3.63) is 24.4 Å². The number of nitrogens with zero attached hydrogens (tertiary/aromatic N) is 3. The first-order valence-corrected chi connectivity index (χ1v) is 6.81. The maximum atomic E-state index is 5.33. The molecular weight excluding hydrogens is 270 g/mol. The van der Waals surface area contributed by atoms with Crippen molar-refractivity contribution in [2.45, 2.75) is 13.8 Å². The van der Waals surface area contributed by atoms with Crippen LogP contribution in [-0.4, -0.2) is 28.5 Å². The molecule has 0 fully saturated rings. The Morgan fingerprint density at radius 2 is 2.10 bits per heavy atom. The fourth-order valence-electron chi connectivity index (χ4n) is 1.85. The van der Waals surface area contributed by atoms with Crippen LogP contribution in [0.25, 0.3) is 0 Å². The average Bonchev–Trinajstić information content (AvgIpc) is 2.93. The lowest BCUT2D eigenvalue weighted by molar-refractivity contribution is 0.174. The van der Waals surface area contributed by atoms with Gasteiger partial charge in [0.15, 0.2) is 17.3 Å². The summed E-state index contributed by atoms with van der Waals surface area (Å²) >= 11 is 0. The Bertz CT molecular complexity index is 633. The van der Waals surface area contributed by atoms with Gasteiger partial charge in [-0.25, -0.2) is 0 Å². The van der Waals surface area contributed by atoms with E-state index in [0.717, 1.165) is 18.0 Å². The van der Waals surface area contributed by atoms with E-state index in [9.17, 15) is 0 Å². The Labute approximate surface area is 122 Å². The summed E-state index contributed by atoms with van der Waals surface area (Å²) in [6, 6.07) is 5.57. The Hall–Kier alpha value is -2.57. The molecule has 0 amide bonds. The van der Waals surface area contributed by atoms with Gasteiger partial charge >= 0.3 is 0 Å². The summed E-state index contributed by atoms with van der Waals surface area (Å²) in [6.07, 6.45) is 1.60. The van der Waals surface area contributed by atoms with Gasteiger partial charge in [0.1, 0.15) is 0 Å². The highest BCUT2D eigenvalue weighted by atomic mass is 16.7. The summed E-state index contributed by atoms with van der Waals surface area (Å²) in [4.78, 5) is 4.37. The lowest BCUT2D eigenvalue weighted by Gasteiger charge is -2.09. The molecule has 0 spiro atoms. The summed E-state index contributed by atoms with van der Waals surface area (Å²) in [5.74, 6) is 3.11. The zero-order valence-electron chi connectivity index (χ0n) is 12.0. The normalized spacial score (nSPS) is 12.5. The number of nitrogens with one attached hydrogen (secondary N) is 2. The van der Waals surface area contributed by atoms with Gasteiger partial charge in [-0.05, 0) is 18.1 Å². The Balaban J connectivity index is 1.71. The second kappa shape index (κ2) is 5.82. The molecular formula is C14H17N5O2. The van der Waals surface area contributed by atoms with Crippen molar-refractivity contribution in [3.8, 4) is 11.5 Å². The van der Waals surface area contributed by atoms with Gasteiger partial charge < -0.3 is 20.1 Å². The molecule has 0 atom stereocenters. The highest BCUT2D eigenvalue weighted by Crippen LogP contribution is 2.34. The van der Waals surface area contributed by atoms with Crippen molar-refractivity contribution < 1.29 is 9.47 Å². The highest BCUT2D eigenvalue weighted by molar-refractivity contribution is 5.60. The van der Waals surface area contributed by atoms with Crippen LogP contribution in [0.4, 0.5) is 17.5 Å². The van der Waals surface area contributed by atoms with Crippen LogP contribution in [0.15, 0.2) is 24.4 Å². The topological polar surface area (TPSA) is 81.2 Å². The lowest BCUT2D eigenvalue weighted by Crippen LogP contribution is -2.10. The second-order valence-corrected chi connectivity index (χ2v) is 5.13. The first kappa shape index (κ1) is 13.4. The number of fused-ring (bicyclic) bond motifs is 1. The molecule has 110 valence electrons. The van der Waals surface area contributed by atoms with Crippen LogP contribution in [0.3, 0.4) is 0 Å². The molecule has 7 heteroatoms. The van der Waals surface area contributed by atoms with Gasteiger partial charge in [-0.15, -0.1) is 5.10 Å². The van der Waals surface area contributed by atoms with Crippen molar-refractivity contribution >= 4 is 17.5 Å². The van der Waals surface area contributed by atoms with Crippen LogP contribution < -0.4 is 20.1 Å². The van der Waals surface area contributed by atoms with E-state index >= 15 is 0 Å². The maximum absolute atomic E-state index is 5.33. The molecule has 2 aromatic rings. The first-order chi connectivity index (χ1) is 10.2. The minimum absolute atomic E-state index is 0.255. The average molecular weight is 287 g/mol. The molecule has 0 aliphatic carbocycles. The number of benzene rings is 1. The summed E-state index contributed by atoms with van der Waals surface area (Å²) in [5.41, 5.74) is 0.821. The van der Waals surface area contributed by atoms with Crippen molar-refractivity contribution in [3.63, 3.8) is 0 Å². The van der Waals surface area contributed by atoms with Crippen molar-refractivity contribution in [1.82, 2.24) is 15.2 Å². The molecule has 1 aliphatic rings. The predicted molar refractivity (Wildman–Crippen MR) is 79.0 cm³/mol. The van der Waals surface area contributed by atoms with Crippen molar-refractivity contribution in [2.75, 3.05) is 24.0 Å². The highest BCUT2D eigenvalue weighted by Gasteiger charge is 2.13. The molecule has 0 unspecified atom stereocenters. The summed E-state index contributed by atoms with van der Waals surface area (Å²) in [7, 11) is 0. The summed E-state index contributed by atoms with van der Waals surface area (Å²) in [5, 5.41) is 14.2. The van der Waals surface area contributed by atoms with Crippen LogP contribution in [0, 0.1) is 5.92 Å². The Kier molecular flexibility index (Phi) is 3.72. The Morgan fingerprint density at radius 1 is 1.24 bits per heavy atom. The van der Waals surface area contributed by atoms with Crippen molar-refractivity contribution in [1.29, 1.82) is 0 Å². The van der Waals surface area contributed by atoms with Gasteiger partial charge in [0, 0.05) is 18.3 Å². The van der Waals surface area contributed by atoms with E-state index in [1.54, 1.807) is 6.20 Å². The van der Waals surface area contributed by atoms with E-state index in [0.29, 0.717) is 23.4 Å². The molecule has 2 heterocycles. The molecule has 21 heavy (non-hydrogen) atoms. The minimum atomic E-state index is 0.255. The molecule has 1 aromatic carbocycles. The van der Waals surface area contributed by atoms with E-state index in [1.165, 1.54) is 0 Å². The summed E-state index contributed by atoms with van der Waals surface area (Å²) in [6.45, 7) is 5.36. The molecule has 0 bridgehead atoms. The fourth-order valence-corrected chi connectivity index (χ4v) is 1.85. The van der Waals surface area contributed by atoms with E-state index in [2.05, 4.69) is 39.7 Å². The van der Waals surface area contributed by atoms with Gasteiger partial charge in [0.2, 0.25) is 12.7 Å². The number of hydrogen-bond acceptors (Lipinski definition) is 7.